The lowest BCUT2D eigenvalue weighted by molar-refractivity contribution is -0.136. The molecule has 1 saturated heterocycles. The molecule has 30 heavy (non-hydrogen) atoms. The maximum Gasteiger partial charge on any atom is 0.255 e. The molecule has 8 nitrogen and oxygen atoms in total. The monoisotopic (exact) mass is 425 g/mol. The highest BCUT2D eigenvalue weighted by molar-refractivity contribution is 7.15. The first kappa shape index (κ1) is 19.2. The Morgan fingerprint density at radius 3 is 2.93 bits per heavy atom. The van der Waals surface area contributed by atoms with Crippen LogP contribution in [0, 0.1) is 0 Å². The van der Waals surface area contributed by atoms with Crippen LogP contribution in [0.5, 0.6) is 0 Å². The van der Waals surface area contributed by atoms with Crippen molar-refractivity contribution in [3.63, 3.8) is 0 Å². The third-order valence-corrected chi connectivity index (χ3v) is 7.09. The summed E-state index contributed by atoms with van der Waals surface area (Å²) in [5.41, 5.74) is 9.80. The predicted octanol–water partition coefficient (Wildman–Crippen LogP) is 1.33. The summed E-state index contributed by atoms with van der Waals surface area (Å²) in [4.78, 5) is 43.9. The Balaban J connectivity index is 1.27. The number of aryl methyl sites for hydroxylation is 1. The lowest BCUT2D eigenvalue weighted by Gasteiger charge is -2.29. The van der Waals surface area contributed by atoms with Crippen molar-refractivity contribution in [1.29, 1.82) is 0 Å². The van der Waals surface area contributed by atoms with Gasteiger partial charge in [0.05, 0.1) is 5.69 Å². The zero-order valence-corrected chi connectivity index (χ0v) is 17.3. The number of rotatable bonds is 4. The third kappa shape index (κ3) is 3.48. The van der Waals surface area contributed by atoms with Gasteiger partial charge in [-0.1, -0.05) is 12.1 Å². The largest absolute Gasteiger partial charge is 0.357 e. The molecule has 1 aromatic heterocycles. The normalized spacial score (nSPS) is 23.2. The van der Waals surface area contributed by atoms with Gasteiger partial charge in [-0.2, -0.15) is 0 Å². The Morgan fingerprint density at radius 1 is 1.23 bits per heavy atom. The van der Waals surface area contributed by atoms with Crippen LogP contribution in [-0.4, -0.2) is 39.7 Å². The number of aromatic nitrogens is 1. The molecule has 0 spiro atoms. The number of nitrogens with zero attached hydrogens (tertiary/aromatic N) is 2. The maximum atomic E-state index is 12.8. The fourth-order valence-corrected chi connectivity index (χ4v) is 5.49. The molecule has 156 valence electrons. The average molecular weight is 426 g/mol. The van der Waals surface area contributed by atoms with Gasteiger partial charge >= 0.3 is 0 Å². The van der Waals surface area contributed by atoms with Gasteiger partial charge in [-0.15, -0.1) is 11.3 Å². The molecular formula is C21H23N5O3S. The Kier molecular flexibility index (Phi) is 4.79. The van der Waals surface area contributed by atoms with E-state index in [0.717, 1.165) is 41.2 Å². The predicted molar refractivity (Wildman–Crippen MR) is 112 cm³/mol. The Labute approximate surface area is 177 Å². The molecule has 3 aliphatic rings. The molecule has 3 heterocycles. The quantitative estimate of drug-likeness (QED) is 0.636. The van der Waals surface area contributed by atoms with Crippen LogP contribution in [0.1, 0.15) is 51.3 Å². The first-order chi connectivity index (χ1) is 14.5. The smallest absolute Gasteiger partial charge is 0.255 e. The Bertz CT molecular complexity index is 1050. The number of imide groups is 1. The van der Waals surface area contributed by atoms with E-state index in [9.17, 15) is 14.4 Å². The summed E-state index contributed by atoms with van der Waals surface area (Å²) < 4.78 is 0. The van der Waals surface area contributed by atoms with Crippen molar-refractivity contribution in [3.8, 4) is 0 Å². The summed E-state index contributed by atoms with van der Waals surface area (Å²) in [5.74, 6) is -0.815. The van der Waals surface area contributed by atoms with Crippen LogP contribution in [0.4, 0.5) is 5.13 Å². The van der Waals surface area contributed by atoms with Crippen LogP contribution in [0.15, 0.2) is 18.2 Å². The summed E-state index contributed by atoms with van der Waals surface area (Å²) in [5, 5.41) is 6.62. The molecule has 4 N–H and O–H groups in total. The van der Waals surface area contributed by atoms with Gasteiger partial charge < -0.3 is 16.0 Å². The highest BCUT2D eigenvalue weighted by Gasteiger charge is 2.39. The Hall–Kier alpha value is -2.78. The van der Waals surface area contributed by atoms with Crippen LogP contribution in [0.25, 0.3) is 0 Å². The molecule has 1 fully saturated rings. The van der Waals surface area contributed by atoms with Crippen LogP contribution in [0.2, 0.25) is 0 Å². The molecule has 2 aliphatic heterocycles. The van der Waals surface area contributed by atoms with Crippen molar-refractivity contribution in [2.75, 3.05) is 5.32 Å². The van der Waals surface area contributed by atoms with Crippen molar-refractivity contribution < 1.29 is 14.4 Å². The summed E-state index contributed by atoms with van der Waals surface area (Å²) in [7, 11) is 0. The molecule has 3 amide bonds. The van der Waals surface area contributed by atoms with Gasteiger partial charge in [0.15, 0.2) is 5.13 Å². The number of nitrogens with one attached hydrogen (secondary N) is 2. The zero-order valence-electron chi connectivity index (χ0n) is 16.4. The van der Waals surface area contributed by atoms with Crippen molar-refractivity contribution in [2.24, 2.45) is 5.73 Å². The van der Waals surface area contributed by atoms with Gasteiger partial charge in [-0.05, 0) is 42.9 Å². The van der Waals surface area contributed by atoms with Gasteiger partial charge in [-0.3, -0.25) is 19.7 Å². The summed E-state index contributed by atoms with van der Waals surface area (Å²) in [6.45, 7) is 0.996. The Morgan fingerprint density at radius 2 is 2.10 bits per heavy atom. The number of anilines is 1. The molecule has 2 atom stereocenters. The van der Waals surface area contributed by atoms with E-state index < -0.39 is 6.04 Å². The number of benzene rings is 1. The minimum atomic E-state index is -0.586. The number of carbonyl (C=O) groups is 3. The number of carbonyl (C=O) groups excluding carboxylic acids is 3. The van der Waals surface area contributed by atoms with Gasteiger partial charge in [0.1, 0.15) is 6.04 Å². The van der Waals surface area contributed by atoms with Crippen LogP contribution in [0.3, 0.4) is 0 Å². The molecule has 1 aromatic carbocycles. The lowest BCUT2D eigenvalue weighted by Crippen LogP contribution is -2.52. The fraction of sp³-hybridized carbons (Fsp3) is 0.429. The molecule has 9 heteroatoms. The topological polar surface area (TPSA) is 117 Å². The number of fused-ring (bicyclic) bond motifs is 2. The van der Waals surface area contributed by atoms with E-state index in [1.807, 2.05) is 18.2 Å². The summed E-state index contributed by atoms with van der Waals surface area (Å²) in [6, 6.07) is 5.41. The summed E-state index contributed by atoms with van der Waals surface area (Å²) in [6.07, 6.45) is 3.45. The number of hydrogen-bond acceptors (Lipinski definition) is 7. The van der Waals surface area contributed by atoms with E-state index in [0.29, 0.717) is 25.1 Å². The first-order valence-electron chi connectivity index (χ1n) is 10.2. The van der Waals surface area contributed by atoms with Gasteiger partial charge in [-0.25, -0.2) is 4.98 Å². The van der Waals surface area contributed by atoms with Crippen molar-refractivity contribution >= 4 is 34.2 Å². The minimum absolute atomic E-state index is 0.150. The van der Waals surface area contributed by atoms with Gasteiger partial charge in [0, 0.05) is 36.0 Å². The van der Waals surface area contributed by atoms with Crippen LogP contribution < -0.4 is 16.4 Å². The third-order valence-electron chi connectivity index (χ3n) is 6.01. The van der Waals surface area contributed by atoms with E-state index in [1.165, 1.54) is 4.88 Å². The fourth-order valence-electron chi connectivity index (χ4n) is 4.39. The molecule has 0 radical (unpaired) electrons. The van der Waals surface area contributed by atoms with E-state index in [2.05, 4.69) is 10.6 Å². The SMILES string of the molecule is N[C@@H]1CCc2nc(NCc3ccc4c(c3)CN(C3CCC(=O)NC3=O)C4=O)sc2C1. The van der Waals surface area contributed by atoms with Crippen molar-refractivity contribution in [2.45, 2.75) is 57.3 Å². The molecular weight excluding hydrogens is 402 g/mol. The van der Waals surface area contributed by atoms with E-state index >= 15 is 0 Å². The van der Waals surface area contributed by atoms with E-state index in [4.69, 9.17) is 10.7 Å². The molecule has 1 unspecified atom stereocenters. The standard InChI is InChI=1S/C21H23N5O3S/c22-13-2-4-15-17(8-13)30-21(24-15)23-9-11-1-3-14-12(7-11)10-26(20(14)29)16-5-6-18(27)25-19(16)28/h1,3,7,13,16H,2,4-6,8-10,22H2,(H,23,24)(H,25,27,28)/t13-,16?/m1/s1. The van der Waals surface area contributed by atoms with Gasteiger partial charge in [0.25, 0.3) is 5.91 Å². The molecule has 0 bridgehead atoms. The van der Waals surface area contributed by atoms with Crippen molar-refractivity contribution in [3.05, 3.63) is 45.5 Å². The lowest BCUT2D eigenvalue weighted by atomic mass is 9.99. The minimum Gasteiger partial charge on any atom is -0.357 e. The number of hydrogen-bond donors (Lipinski definition) is 3. The zero-order chi connectivity index (χ0) is 20.8. The second kappa shape index (κ2) is 7.48. The number of amides is 3. The average Bonchev–Trinajstić information content (AvgIpc) is 3.26. The van der Waals surface area contributed by atoms with Crippen LogP contribution >= 0.6 is 11.3 Å². The van der Waals surface area contributed by atoms with E-state index in [1.54, 1.807) is 16.2 Å². The second-order valence-corrected chi connectivity index (χ2v) is 9.22. The first-order valence-corrected chi connectivity index (χ1v) is 11.0. The highest BCUT2D eigenvalue weighted by Crippen LogP contribution is 2.31. The maximum absolute atomic E-state index is 12.8. The number of nitrogens with two attached hydrogens (primary N) is 1. The molecule has 2 aromatic rings. The number of thiazole rings is 1. The van der Waals surface area contributed by atoms with E-state index in [-0.39, 0.29) is 30.2 Å². The summed E-state index contributed by atoms with van der Waals surface area (Å²) >= 11 is 1.67. The van der Waals surface area contributed by atoms with Gasteiger partial charge in [0.2, 0.25) is 11.8 Å². The van der Waals surface area contributed by atoms with Crippen molar-refractivity contribution in [1.82, 2.24) is 15.2 Å². The second-order valence-electron chi connectivity index (χ2n) is 8.14. The molecule has 1 aliphatic carbocycles. The molecule has 5 rings (SSSR count). The van der Waals surface area contributed by atoms with Crippen LogP contribution in [-0.2, 0) is 35.5 Å². The molecule has 0 saturated carbocycles. The highest BCUT2D eigenvalue weighted by atomic mass is 32.1. The number of piperidine rings is 1.